The van der Waals surface area contributed by atoms with E-state index in [0.29, 0.717) is 28.1 Å². The number of aromatic amines is 1. The van der Waals surface area contributed by atoms with Crippen LogP contribution in [0.5, 0.6) is 0 Å². The van der Waals surface area contributed by atoms with Crippen molar-refractivity contribution in [3.8, 4) is 11.4 Å². The third-order valence-corrected chi connectivity index (χ3v) is 3.95. The van der Waals surface area contributed by atoms with Crippen LogP contribution >= 0.6 is 0 Å². The van der Waals surface area contributed by atoms with Gasteiger partial charge >= 0.3 is 5.97 Å². The van der Waals surface area contributed by atoms with Gasteiger partial charge in [-0.05, 0) is 23.4 Å². The number of hydrogen-bond acceptors (Lipinski definition) is 7. The Morgan fingerprint density at radius 2 is 2.00 bits per heavy atom. The molecule has 4 aromatic rings. The number of ether oxygens (including phenoxy) is 1. The lowest BCUT2D eigenvalue weighted by molar-refractivity contribution is 0.0601. The van der Waals surface area contributed by atoms with E-state index in [4.69, 9.17) is 4.74 Å². The van der Waals surface area contributed by atoms with Gasteiger partial charge in [-0.2, -0.15) is 4.80 Å². The van der Waals surface area contributed by atoms with Gasteiger partial charge in [0.1, 0.15) is 12.4 Å². The summed E-state index contributed by atoms with van der Waals surface area (Å²) in [6, 6.07) is 14.0. The van der Waals surface area contributed by atoms with Gasteiger partial charge in [0.2, 0.25) is 5.82 Å². The van der Waals surface area contributed by atoms with Gasteiger partial charge in [-0.1, -0.05) is 30.3 Å². The topological polar surface area (TPSA) is 116 Å². The highest BCUT2D eigenvalue weighted by atomic mass is 16.5. The third kappa shape index (κ3) is 3.30. The Kier molecular flexibility index (Phi) is 4.17. The molecule has 2 heterocycles. The summed E-state index contributed by atoms with van der Waals surface area (Å²) in [5, 5.41) is 12.7. The molecule has 0 unspecified atom stereocenters. The maximum atomic E-state index is 12.3. The standard InChI is InChI=1S/C18H14N6O3/c1-27-18(26)12-7-8-13-14(9-12)19-15(20-17(13)25)10-24-22-16(21-23-24)11-5-3-2-4-6-11/h2-9H,10H2,1H3,(H,19,20,25). The Labute approximate surface area is 152 Å². The van der Waals surface area contributed by atoms with Gasteiger partial charge in [-0.25, -0.2) is 9.78 Å². The van der Waals surface area contributed by atoms with Crippen molar-refractivity contribution >= 4 is 16.9 Å². The molecule has 0 aliphatic heterocycles. The minimum atomic E-state index is -0.494. The van der Waals surface area contributed by atoms with E-state index in [-0.39, 0.29) is 12.1 Å². The van der Waals surface area contributed by atoms with E-state index in [1.807, 2.05) is 30.3 Å². The van der Waals surface area contributed by atoms with E-state index in [0.717, 1.165) is 5.56 Å². The molecule has 0 radical (unpaired) electrons. The Bertz CT molecular complexity index is 1180. The highest BCUT2D eigenvalue weighted by molar-refractivity contribution is 5.93. The van der Waals surface area contributed by atoms with Crippen molar-refractivity contribution in [2.45, 2.75) is 6.54 Å². The fourth-order valence-corrected chi connectivity index (χ4v) is 2.65. The monoisotopic (exact) mass is 362 g/mol. The molecule has 2 aromatic carbocycles. The summed E-state index contributed by atoms with van der Waals surface area (Å²) < 4.78 is 4.70. The predicted molar refractivity (Wildman–Crippen MR) is 96.1 cm³/mol. The van der Waals surface area contributed by atoms with Crippen LogP contribution in [0.2, 0.25) is 0 Å². The van der Waals surface area contributed by atoms with Crippen molar-refractivity contribution in [1.82, 2.24) is 30.2 Å². The highest BCUT2D eigenvalue weighted by Crippen LogP contribution is 2.13. The maximum absolute atomic E-state index is 12.3. The van der Waals surface area contributed by atoms with Crippen LogP contribution in [0.25, 0.3) is 22.3 Å². The van der Waals surface area contributed by atoms with Gasteiger partial charge in [-0.3, -0.25) is 4.79 Å². The van der Waals surface area contributed by atoms with Gasteiger partial charge in [0.15, 0.2) is 0 Å². The van der Waals surface area contributed by atoms with Crippen LogP contribution in [0.15, 0.2) is 53.3 Å². The SMILES string of the molecule is COC(=O)c1ccc2c(=O)[nH]c(Cn3nnc(-c4ccccc4)n3)nc2c1. The lowest BCUT2D eigenvalue weighted by Crippen LogP contribution is -2.16. The first-order valence-electron chi connectivity index (χ1n) is 8.08. The lowest BCUT2D eigenvalue weighted by Gasteiger charge is -2.04. The Morgan fingerprint density at radius 1 is 1.19 bits per heavy atom. The van der Waals surface area contributed by atoms with Crippen molar-refractivity contribution in [3.63, 3.8) is 0 Å². The molecule has 27 heavy (non-hydrogen) atoms. The first kappa shape index (κ1) is 16.6. The molecule has 0 bridgehead atoms. The van der Waals surface area contributed by atoms with E-state index < -0.39 is 5.97 Å². The average Bonchev–Trinajstić information content (AvgIpc) is 3.16. The number of rotatable bonds is 4. The number of hydrogen-bond donors (Lipinski definition) is 1. The highest BCUT2D eigenvalue weighted by Gasteiger charge is 2.11. The van der Waals surface area contributed by atoms with Crippen LogP contribution in [0.3, 0.4) is 0 Å². The normalized spacial score (nSPS) is 10.9. The zero-order valence-electron chi connectivity index (χ0n) is 14.3. The molecule has 0 spiro atoms. The molecule has 134 valence electrons. The van der Waals surface area contributed by atoms with E-state index in [2.05, 4.69) is 25.4 Å². The second-order valence-corrected chi connectivity index (χ2v) is 5.75. The number of methoxy groups -OCH3 is 1. The summed E-state index contributed by atoms with van der Waals surface area (Å²) in [7, 11) is 1.30. The molecule has 1 N–H and O–H groups in total. The molecule has 0 atom stereocenters. The second kappa shape index (κ2) is 6.79. The summed E-state index contributed by atoms with van der Waals surface area (Å²) in [5.41, 5.74) is 1.24. The van der Waals surface area contributed by atoms with E-state index in [9.17, 15) is 9.59 Å². The third-order valence-electron chi connectivity index (χ3n) is 3.95. The summed E-state index contributed by atoms with van der Waals surface area (Å²) >= 11 is 0. The number of tetrazole rings is 1. The minimum Gasteiger partial charge on any atom is -0.465 e. The zero-order chi connectivity index (χ0) is 18.8. The maximum Gasteiger partial charge on any atom is 0.337 e. The predicted octanol–water partition coefficient (Wildman–Crippen LogP) is 1.41. The van der Waals surface area contributed by atoms with Gasteiger partial charge < -0.3 is 9.72 Å². The molecule has 0 saturated heterocycles. The minimum absolute atomic E-state index is 0.132. The van der Waals surface area contributed by atoms with Gasteiger partial charge in [0.25, 0.3) is 5.56 Å². The molecule has 9 heteroatoms. The zero-order valence-corrected chi connectivity index (χ0v) is 14.3. The van der Waals surface area contributed by atoms with Crippen LogP contribution in [-0.2, 0) is 11.3 Å². The number of nitrogens with zero attached hydrogens (tertiary/aromatic N) is 5. The van der Waals surface area contributed by atoms with E-state index >= 15 is 0 Å². The van der Waals surface area contributed by atoms with Crippen LogP contribution in [0.1, 0.15) is 16.2 Å². The van der Waals surface area contributed by atoms with Gasteiger partial charge in [0, 0.05) is 5.56 Å². The fourth-order valence-electron chi connectivity index (χ4n) is 2.65. The van der Waals surface area contributed by atoms with Crippen molar-refractivity contribution in [3.05, 3.63) is 70.3 Å². The van der Waals surface area contributed by atoms with Gasteiger partial charge in [-0.15, -0.1) is 10.2 Å². The van der Waals surface area contributed by atoms with Crippen molar-refractivity contribution in [1.29, 1.82) is 0 Å². The first-order valence-corrected chi connectivity index (χ1v) is 8.08. The van der Waals surface area contributed by atoms with Crippen LogP contribution < -0.4 is 5.56 Å². The number of nitrogens with one attached hydrogen (secondary N) is 1. The van der Waals surface area contributed by atoms with Crippen molar-refractivity contribution in [2.75, 3.05) is 7.11 Å². The summed E-state index contributed by atoms with van der Waals surface area (Å²) in [6.45, 7) is 0.132. The quantitative estimate of drug-likeness (QED) is 0.546. The first-order chi connectivity index (χ1) is 13.1. The molecule has 0 amide bonds. The fraction of sp³-hybridized carbons (Fsp3) is 0.111. The number of benzene rings is 2. The molecular weight excluding hydrogens is 348 g/mol. The largest absolute Gasteiger partial charge is 0.465 e. The number of carbonyl (C=O) groups excluding carboxylic acids is 1. The van der Waals surface area contributed by atoms with Crippen LogP contribution in [0, 0.1) is 0 Å². The molecular formula is C18H14N6O3. The summed E-state index contributed by atoms with van der Waals surface area (Å²) in [4.78, 5) is 32.4. The second-order valence-electron chi connectivity index (χ2n) is 5.75. The molecule has 2 aromatic heterocycles. The average molecular weight is 362 g/mol. The molecule has 0 fully saturated rings. The number of carbonyl (C=O) groups is 1. The molecule has 0 aliphatic rings. The van der Waals surface area contributed by atoms with Crippen LogP contribution in [0.4, 0.5) is 0 Å². The smallest absolute Gasteiger partial charge is 0.337 e. The lowest BCUT2D eigenvalue weighted by atomic mass is 10.1. The van der Waals surface area contributed by atoms with E-state index in [1.54, 1.807) is 6.07 Å². The van der Waals surface area contributed by atoms with Gasteiger partial charge in [0.05, 0.1) is 23.6 Å². The molecule has 0 saturated carbocycles. The van der Waals surface area contributed by atoms with Crippen molar-refractivity contribution in [2.24, 2.45) is 0 Å². The summed E-state index contributed by atoms with van der Waals surface area (Å²) in [5.74, 6) is 0.337. The Hall–Kier alpha value is -3.88. The van der Waals surface area contributed by atoms with Crippen molar-refractivity contribution < 1.29 is 9.53 Å². The number of aromatic nitrogens is 6. The Balaban J connectivity index is 1.67. The Morgan fingerprint density at radius 3 is 2.78 bits per heavy atom. The molecule has 4 rings (SSSR count). The van der Waals surface area contributed by atoms with Crippen LogP contribution in [-0.4, -0.2) is 43.3 Å². The number of H-pyrrole nitrogens is 1. The summed E-state index contributed by atoms with van der Waals surface area (Å²) in [6.07, 6.45) is 0. The number of fused-ring (bicyclic) bond motifs is 1. The molecule has 0 aliphatic carbocycles. The number of esters is 1. The molecule has 9 nitrogen and oxygen atoms in total. The van der Waals surface area contributed by atoms with E-state index in [1.165, 1.54) is 24.0 Å².